The Labute approximate surface area is 117 Å². The van der Waals surface area contributed by atoms with Gasteiger partial charge in [-0.15, -0.1) is 11.8 Å². The van der Waals surface area contributed by atoms with Crippen molar-refractivity contribution in [3.63, 3.8) is 0 Å². The summed E-state index contributed by atoms with van der Waals surface area (Å²) in [5, 5.41) is 11.2. The SMILES string of the molecule is O=C1N[C@@H](C(=O)O)CS[C@H]1Cc1ccc(Br)cc1. The first kappa shape index (κ1) is 13.4. The minimum absolute atomic E-state index is 0.193. The fourth-order valence-electron chi connectivity index (χ4n) is 1.71. The van der Waals surface area contributed by atoms with Gasteiger partial charge in [-0.1, -0.05) is 28.1 Å². The standard InChI is InChI=1S/C12H12BrNO3S/c13-8-3-1-7(2-4-8)5-10-11(15)14-9(6-18-10)12(16)17/h1-4,9-10H,5-6H2,(H,14,15)(H,16,17)/t9-,10+/m1/s1. The van der Waals surface area contributed by atoms with E-state index in [0.29, 0.717) is 12.2 Å². The number of aliphatic carboxylic acids is 1. The van der Waals surface area contributed by atoms with Crippen molar-refractivity contribution >= 4 is 39.6 Å². The van der Waals surface area contributed by atoms with E-state index in [1.165, 1.54) is 11.8 Å². The van der Waals surface area contributed by atoms with Gasteiger partial charge in [0.1, 0.15) is 6.04 Å². The van der Waals surface area contributed by atoms with Gasteiger partial charge in [0.15, 0.2) is 0 Å². The van der Waals surface area contributed by atoms with Gasteiger partial charge in [0.2, 0.25) is 5.91 Å². The number of benzene rings is 1. The Morgan fingerprint density at radius 2 is 2.11 bits per heavy atom. The Balaban J connectivity index is 1.97. The molecule has 0 bridgehead atoms. The van der Waals surface area contributed by atoms with E-state index in [0.717, 1.165) is 10.0 Å². The number of nitrogens with one attached hydrogen (secondary N) is 1. The number of thioether (sulfide) groups is 1. The Morgan fingerprint density at radius 1 is 1.44 bits per heavy atom. The third kappa shape index (κ3) is 3.26. The van der Waals surface area contributed by atoms with Crippen LogP contribution in [0.5, 0.6) is 0 Å². The predicted octanol–water partition coefficient (Wildman–Crippen LogP) is 1.68. The minimum Gasteiger partial charge on any atom is -0.480 e. The van der Waals surface area contributed by atoms with Gasteiger partial charge in [0.25, 0.3) is 0 Å². The van der Waals surface area contributed by atoms with Crippen LogP contribution in [-0.4, -0.2) is 34.0 Å². The maximum absolute atomic E-state index is 11.8. The van der Waals surface area contributed by atoms with Crippen LogP contribution in [0.15, 0.2) is 28.7 Å². The van der Waals surface area contributed by atoms with E-state index in [9.17, 15) is 9.59 Å². The van der Waals surface area contributed by atoms with Gasteiger partial charge in [-0.2, -0.15) is 0 Å². The highest BCUT2D eigenvalue weighted by Crippen LogP contribution is 2.22. The molecule has 1 aliphatic heterocycles. The second kappa shape index (κ2) is 5.75. The molecule has 0 radical (unpaired) electrons. The van der Waals surface area contributed by atoms with Gasteiger partial charge in [-0.3, -0.25) is 4.79 Å². The van der Waals surface area contributed by atoms with Crippen molar-refractivity contribution in [3.8, 4) is 0 Å². The molecule has 0 unspecified atom stereocenters. The molecule has 0 aromatic heterocycles. The molecule has 2 N–H and O–H groups in total. The lowest BCUT2D eigenvalue weighted by Gasteiger charge is -2.26. The molecule has 1 aliphatic rings. The monoisotopic (exact) mass is 329 g/mol. The highest BCUT2D eigenvalue weighted by atomic mass is 79.9. The summed E-state index contributed by atoms with van der Waals surface area (Å²) in [6, 6.07) is 7.02. The van der Waals surface area contributed by atoms with Gasteiger partial charge in [-0.25, -0.2) is 4.79 Å². The van der Waals surface area contributed by atoms with E-state index in [-0.39, 0.29) is 11.2 Å². The fraction of sp³-hybridized carbons (Fsp3) is 0.333. The molecule has 0 aliphatic carbocycles. The molecule has 1 saturated heterocycles. The molecule has 0 saturated carbocycles. The van der Waals surface area contributed by atoms with Gasteiger partial charge in [0, 0.05) is 10.2 Å². The fourth-order valence-corrected chi connectivity index (χ4v) is 3.16. The Morgan fingerprint density at radius 3 is 2.67 bits per heavy atom. The molecule has 1 heterocycles. The lowest BCUT2D eigenvalue weighted by atomic mass is 10.1. The number of hydrogen-bond acceptors (Lipinski definition) is 3. The smallest absolute Gasteiger partial charge is 0.327 e. The quantitative estimate of drug-likeness (QED) is 0.885. The van der Waals surface area contributed by atoms with Crippen LogP contribution < -0.4 is 5.32 Å². The van der Waals surface area contributed by atoms with Crippen molar-refractivity contribution in [2.75, 3.05) is 5.75 Å². The molecule has 1 amide bonds. The summed E-state index contributed by atoms with van der Waals surface area (Å²) in [6.45, 7) is 0. The van der Waals surface area contributed by atoms with Crippen LogP contribution in [0.4, 0.5) is 0 Å². The Kier molecular flexibility index (Phi) is 4.29. The lowest BCUT2D eigenvalue weighted by molar-refractivity contribution is -0.141. The second-order valence-corrected chi connectivity index (χ2v) is 6.20. The molecule has 4 nitrogen and oxygen atoms in total. The molecule has 1 aromatic rings. The van der Waals surface area contributed by atoms with Gasteiger partial charge in [-0.05, 0) is 24.1 Å². The minimum atomic E-state index is -0.974. The second-order valence-electron chi connectivity index (χ2n) is 4.05. The van der Waals surface area contributed by atoms with Gasteiger partial charge in [0.05, 0.1) is 5.25 Å². The number of amides is 1. The zero-order valence-electron chi connectivity index (χ0n) is 9.43. The van der Waals surface area contributed by atoms with Crippen molar-refractivity contribution in [3.05, 3.63) is 34.3 Å². The first-order valence-corrected chi connectivity index (χ1v) is 7.29. The van der Waals surface area contributed by atoms with Crippen molar-refractivity contribution in [1.82, 2.24) is 5.32 Å². The van der Waals surface area contributed by atoms with Crippen LogP contribution in [0.3, 0.4) is 0 Å². The maximum Gasteiger partial charge on any atom is 0.327 e. The predicted molar refractivity (Wildman–Crippen MR) is 73.7 cm³/mol. The third-order valence-electron chi connectivity index (χ3n) is 2.71. The number of hydrogen-bond donors (Lipinski definition) is 2. The highest BCUT2D eigenvalue weighted by molar-refractivity contribution is 9.10. The lowest BCUT2D eigenvalue weighted by Crippen LogP contribution is -2.51. The van der Waals surface area contributed by atoms with E-state index in [1.807, 2.05) is 24.3 Å². The average molecular weight is 330 g/mol. The molecule has 96 valence electrons. The summed E-state index contributed by atoms with van der Waals surface area (Å²) >= 11 is 4.76. The first-order valence-electron chi connectivity index (χ1n) is 5.45. The largest absolute Gasteiger partial charge is 0.480 e. The molecule has 1 aromatic carbocycles. The van der Waals surface area contributed by atoms with Crippen LogP contribution >= 0.6 is 27.7 Å². The van der Waals surface area contributed by atoms with Crippen LogP contribution in [0.2, 0.25) is 0 Å². The van der Waals surface area contributed by atoms with Gasteiger partial charge >= 0.3 is 5.97 Å². The van der Waals surface area contributed by atoms with Crippen molar-refractivity contribution in [1.29, 1.82) is 0 Å². The Hall–Kier alpha value is -1.01. The molecule has 6 heteroatoms. The molecule has 18 heavy (non-hydrogen) atoms. The summed E-state index contributed by atoms with van der Waals surface area (Å²) in [6.07, 6.45) is 0.621. The number of carboxylic acids is 1. The number of carbonyl (C=O) groups excluding carboxylic acids is 1. The van der Waals surface area contributed by atoms with E-state index < -0.39 is 12.0 Å². The molecular formula is C12H12BrNO3S. The highest BCUT2D eigenvalue weighted by Gasteiger charge is 2.32. The summed E-state index contributed by atoms with van der Waals surface area (Å²) in [5.74, 6) is -0.748. The zero-order chi connectivity index (χ0) is 13.1. The molecule has 2 atom stereocenters. The normalized spacial score (nSPS) is 23.5. The number of rotatable bonds is 3. The van der Waals surface area contributed by atoms with E-state index in [2.05, 4.69) is 21.2 Å². The summed E-state index contributed by atoms with van der Waals surface area (Å²) < 4.78 is 0.998. The van der Waals surface area contributed by atoms with Crippen LogP contribution in [0.1, 0.15) is 5.56 Å². The Bertz CT molecular complexity index is 463. The van der Waals surface area contributed by atoms with Crippen molar-refractivity contribution < 1.29 is 14.7 Å². The molecular weight excluding hydrogens is 318 g/mol. The van der Waals surface area contributed by atoms with Crippen LogP contribution in [-0.2, 0) is 16.0 Å². The summed E-state index contributed by atoms with van der Waals surface area (Å²) in [7, 11) is 0. The molecule has 0 spiro atoms. The average Bonchev–Trinajstić information content (AvgIpc) is 2.34. The van der Waals surface area contributed by atoms with Crippen molar-refractivity contribution in [2.24, 2.45) is 0 Å². The molecule has 1 fully saturated rings. The topological polar surface area (TPSA) is 66.4 Å². The summed E-state index contributed by atoms with van der Waals surface area (Å²) in [4.78, 5) is 22.5. The van der Waals surface area contributed by atoms with E-state index in [1.54, 1.807) is 0 Å². The maximum atomic E-state index is 11.8. The van der Waals surface area contributed by atoms with E-state index in [4.69, 9.17) is 5.11 Å². The van der Waals surface area contributed by atoms with Crippen LogP contribution in [0, 0.1) is 0 Å². The van der Waals surface area contributed by atoms with Crippen molar-refractivity contribution in [2.45, 2.75) is 17.7 Å². The number of halogens is 1. The van der Waals surface area contributed by atoms with E-state index >= 15 is 0 Å². The van der Waals surface area contributed by atoms with Gasteiger partial charge < -0.3 is 10.4 Å². The number of carboxylic acid groups (broad SMARTS) is 1. The third-order valence-corrected chi connectivity index (χ3v) is 4.54. The molecule has 2 rings (SSSR count). The first-order chi connectivity index (χ1) is 8.56. The zero-order valence-corrected chi connectivity index (χ0v) is 11.8. The number of carbonyl (C=O) groups is 2. The van der Waals surface area contributed by atoms with Crippen LogP contribution in [0.25, 0.3) is 0 Å². The summed E-state index contributed by atoms with van der Waals surface area (Å²) in [5.41, 5.74) is 1.07.